The van der Waals surface area contributed by atoms with Crippen molar-refractivity contribution in [2.45, 2.75) is 150 Å². The number of carbonyl (C=O) groups is 4. The maximum atomic E-state index is 13.4. The van der Waals surface area contributed by atoms with Gasteiger partial charge in [0.2, 0.25) is 5.91 Å². The second kappa shape index (κ2) is 15.7. The van der Waals surface area contributed by atoms with Gasteiger partial charge in [-0.15, -0.1) is 5.10 Å². The topological polar surface area (TPSA) is 225 Å². The molecule has 1 amide bonds. The summed E-state index contributed by atoms with van der Waals surface area (Å²) < 4.78 is 7.62. The quantitative estimate of drug-likeness (QED) is 0.0521. The van der Waals surface area contributed by atoms with Gasteiger partial charge < -0.3 is 31.7 Å². The van der Waals surface area contributed by atoms with Gasteiger partial charge in [-0.3, -0.25) is 19.4 Å². The lowest BCUT2D eigenvalue weighted by Crippen LogP contribution is -2.67. The van der Waals surface area contributed by atoms with E-state index in [1.807, 2.05) is 0 Å². The number of carboxylic acids is 2. The van der Waals surface area contributed by atoms with Gasteiger partial charge in [-0.2, -0.15) is 0 Å². The zero-order chi connectivity index (χ0) is 41.7. The average molecular weight is 794 g/mol. The molecule has 0 unspecified atom stereocenters. The van der Waals surface area contributed by atoms with Crippen LogP contribution in [0.5, 0.6) is 0 Å². The van der Waals surface area contributed by atoms with Gasteiger partial charge >= 0.3 is 17.9 Å². The second-order valence-electron chi connectivity index (χ2n) is 19.8. The van der Waals surface area contributed by atoms with Crippen LogP contribution in [0, 0.1) is 56.7 Å². The number of aliphatic imine (C=N–C) groups is 1. The van der Waals surface area contributed by atoms with Gasteiger partial charge in [-0.25, -0.2) is 9.48 Å². The van der Waals surface area contributed by atoms with Crippen molar-refractivity contribution < 1.29 is 34.1 Å². The Labute approximate surface area is 337 Å². The Morgan fingerprint density at radius 2 is 1.72 bits per heavy atom. The van der Waals surface area contributed by atoms with Crippen LogP contribution in [-0.4, -0.2) is 73.7 Å². The third-order valence-corrected chi connectivity index (χ3v) is 16.8. The molecule has 0 bridgehead atoms. The summed E-state index contributed by atoms with van der Waals surface area (Å²) in [5, 5.41) is 30.9. The molecule has 1 aromatic heterocycles. The normalized spacial score (nSPS) is 36.9. The van der Waals surface area contributed by atoms with Crippen LogP contribution in [0.15, 0.2) is 23.3 Å². The Morgan fingerprint density at radius 3 is 2.39 bits per heavy atom. The molecule has 6 rings (SSSR count). The van der Waals surface area contributed by atoms with E-state index in [1.54, 1.807) is 6.20 Å². The maximum absolute atomic E-state index is 13.4. The predicted molar refractivity (Wildman–Crippen MR) is 214 cm³/mol. The van der Waals surface area contributed by atoms with Crippen LogP contribution in [0.4, 0.5) is 0 Å². The molecule has 0 spiro atoms. The van der Waals surface area contributed by atoms with E-state index in [9.17, 15) is 29.4 Å². The van der Waals surface area contributed by atoms with Crippen molar-refractivity contribution in [1.29, 1.82) is 0 Å². The summed E-state index contributed by atoms with van der Waals surface area (Å²) in [4.78, 5) is 54.5. The van der Waals surface area contributed by atoms with Crippen molar-refractivity contribution in [3.63, 3.8) is 0 Å². The van der Waals surface area contributed by atoms with Crippen molar-refractivity contribution in [1.82, 2.24) is 20.3 Å². The number of ether oxygens (including phenoxy) is 1. The number of aliphatic carboxylic acids is 2. The number of hydrogen-bond donors (Lipinski definition) is 5. The summed E-state index contributed by atoms with van der Waals surface area (Å²) >= 11 is 0. The van der Waals surface area contributed by atoms with E-state index in [2.05, 4.69) is 68.7 Å². The van der Waals surface area contributed by atoms with Crippen LogP contribution < -0.4 is 16.8 Å². The number of hydrogen-bond acceptors (Lipinski definition) is 8. The molecular weight excluding hydrogens is 727 g/mol. The van der Waals surface area contributed by atoms with Crippen LogP contribution >= 0.6 is 0 Å². The number of rotatable bonds is 14. The molecule has 7 N–H and O–H groups in total. The smallest absolute Gasteiger partial charge is 0.326 e. The van der Waals surface area contributed by atoms with Crippen LogP contribution in [0.3, 0.4) is 0 Å². The first kappa shape index (κ1) is 42.6. The standard InChI is InChI=1S/C43H67N7O7/c1-25(2)27-14-19-43(37(55)56)21-20-41(6)28(35(27)43)11-12-31-40(5)17-16-32(39(3,4)30(40)15-18-42(31,41)7)57-34(52)13-10-26-23-50(49-48-26)24-33(51)47-29(36(53)54)9-8-22-46-38(44)45/h23,27-32,35H,1,8-22,24H2,2-7H3,(H,47,51)(H,53,54)(H,55,56)(H4,44,45,46)/t27-,28+,29-,30-,31+,32-,35+,40-,41+,42+,43-/m0/s1. The Balaban J connectivity index is 1.05. The number of aryl methyl sites for hydroxylation is 1. The number of guanidine groups is 1. The Bertz CT molecular complexity index is 1770. The molecule has 5 aliphatic rings. The largest absolute Gasteiger partial charge is 0.481 e. The van der Waals surface area contributed by atoms with Crippen molar-refractivity contribution in [3.8, 4) is 0 Å². The molecule has 5 fully saturated rings. The number of aromatic nitrogens is 3. The molecule has 316 valence electrons. The van der Waals surface area contributed by atoms with Crippen molar-refractivity contribution in [2.75, 3.05) is 6.54 Å². The number of esters is 1. The third kappa shape index (κ3) is 7.47. The molecule has 14 heteroatoms. The van der Waals surface area contributed by atoms with E-state index in [0.29, 0.717) is 36.3 Å². The number of nitrogens with zero attached hydrogens (tertiary/aromatic N) is 4. The lowest BCUT2D eigenvalue weighted by molar-refractivity contribution is -0.250. The highest BCUT2D eigenvalue weighted by molar-refractivity contribution is 5.83. The van der Waals surface area contributed by atoms with E-state index >= 15 is 0 Å². The van der Waals surface area contributed by atoms with Gasteiger partial charge in [-0.1, -0.05) is 52.0 Å². The minimum absolute atomic E-state index is 0.0572. The summed E-state index contributed by atoms with van der Waals surface area (Å²) in [6, 6.07) is -1.09. The number of carbonyl (C=O) groups excluding carboxylic acids is 2. The highest BCUT2D eigenvalue weighted by Gasteiger charge is 2.72. The van der Waals surface area contributed by atoms with E-state index in [4.69, 9.17) is 16.2 Å². The molecule has 14 nitrogen and oxygen atoms in total. The summed E-state index contributed by atoms with van der Waals surface area (Å²) in [7, 11) is 0. The maximum Gasteiger partial charge on any atom is 0.326 e. The van der Waals surface area contributed by atoms with E-state index in [1.165, 1.54) is 4.68 Å². The summed E-state index contributed by atoms with van der Waals surface area (Å²) in [6.07, 6.45) is 11.9. The van der Waals surface area contributed by atoms with Crippen molar-refractivity contribution in [2.24, 2.45) is 73.1 Å². The first-order chi connectivity index (χ1) is 26.7. The molecular formula is C43H67N7O7. The van der Waals surface area contributed by atoms with E-state index in [-0.39, 0.29) is 77.5 Å². The fraction of sp³-hybridized carbons (Fsp3) is 0.791. The molecule has 0 aliphatic heterocycles. The average Bonchev–Trinajstić information content (AvgIpc) is 3.75. The predicted octanol–water partition coefficient (Wildman–Crippen LogP) is 5.49. The number of fused-ring (bicyclic) bond motifs is 7. The number of carboxylic acid groups (broad SMARTS) is 2. The molecule has 11 atom stereocenters. The molecule has 0 radical (unpaired) electrons. The fourth-order valence-corrected chi connectivity index (χ4v) is 13.8. The second-order valence-corrected chi connectivity index (χ2v) is 19.8. The molecule has 1 aromatic rings. The van der Waals surface area contributed by atoms with Crippen molar-refractivity contribution >= 4 is 29.8 Å². The van der Waals surface area contributed by atoms with Gasteiger partial charge in [0.05, 0.1) is 17.5 Å². The lowest BCUT2D eigenvalue weighted by Gasteiger charge is -2.72. The Kier molecular flexibility index (Phi) is 11.7. The minimum Gasteiger partial charge on any atom is -0.481 e. The third-order valence-electron chi connectivity index (χ3n) is 16.8. The lowest BCUT2D eigenvalue weighted by atomic mass is 9.32. The minimum atomic E-state index is -1.16. The molecule has 1 heterocycles. The summed E-state index contributed by atoms with van der Waals surface area (Å²) in [5.41, 5.74) is 11.7. The Hall–Kier alpha value is -3.97. The van der Waals surface area contributed by atoms with Gasteiger partial charge in [0.15, 0.2) is 5.96 Å². The molecule has 0 aromatic carbocycles. The number of nitrogens with two attached hydrogens (primary N) is 2. The van der Waals surface area contributed by atoms with Gasteiger partial charge in [0, 0.05) is 24.6 Å². The van der Waals surface area contributed by atoms with E-state index < -0.39 is 29.3 Å². The van der Waals surface area contributed by atoms with Gasteiger partial charge in [0.25, 0.3) is 0 Å². The molecule has 5 aliphatic carbocycles. The monoisotopic (exact) mass is 794 g/mol. The molecule has 57 heavy (non-hydrogen) atoms. The summed E-state index contributed by atoms with van der Waals surface area (Å²) in [5.74, 6) is -0.935. The molecule has 0 saturated heterocycles. The molecule has 5 saturated carbocycles. The van der Waals surface area contributed by atoms with Gasteiger partial charge in [-0.05, 0) is 130 Å². The first-order valence-electron chi connectivity index (χ1n) is 21.2. The number of nitrogens with one attached hydrogen (secondary N) is 1. The first-order valence-corrected chi connectivity index (χ1v) is 21.2. The van der Waals surface area contributed by atoms with Crippen LogP contribution in [0.2, 0.25) is 0 Å². The van der Waals surface area contributed by atoms with E-state index in [0.717, 1.165) is 69.8 Å². The fourth-order valence-electron chi connectivity index (χ4n) is 13.8. The number of amides is 1. The highest BCUT2D eigenvalue weighted by atomic mass is 16.5. The van der Waals surface area contributed by atoms with Crippen LogP contribution in [-0.2, 0) is 36.9 Å². The van der Waals surface area contributed by atoms with Crippen LogP contribution in [0.25, 0.3) is 0 Å². The zero-order valence-electron chi connectivity index (χ0n) is 35.0. The Morgan fingerprint density at radius 1 is 0.982 bits per heavy atom. The van der Waals surface area contributed by atoms with Gasteiger partial charge in [0.1, 0.15) is 18.7 Å². The van der Waals surface area contributed by atoms with Crippen molar-refractivity contribution in [3.05, 3.63) is 24.0 Å². The van der Waals surface area contributed by atoms with Crippen LogP contribution in [0.1, 0.15) is 131 Å². The highest BCUT2D eigenvalue weighted by Crippen LogP contribution is 2.77. The SMILES string of the molecule is C=C(C)[C@@H]1CC[C@]2(C(=O)O)CC[C@]3(C)[C@H](CC[C@@H]4[C@@]5(C)CC[C@H](OC(=O)CCc6cn(CC(=O)N[C@@H](CCCN=C(N)N)C(=O)O)nn6)C(C)(C)[C@@H]5CC[C@]43C)[C@@H]12. The summed E-state index contributed by atoms with van der Waals surface area (Å²) in [6.45, 7) is 18.7. The number of allylic oxidation sites excluding steroid dienone is 1. The zero-order valence-corrected chi connectivity index (χ0v) is 35.0.